The molecule has 1 N–H and O–H groups in total. The summed E-state index contributed by atoms with van der Waals surface area (Å²) in [7, 11) is 0. The van der Waals surface area contributed by atoms with Gasteiger partial charge < -0.3 is 14.4 Å². The van der Waals surface area contributed by atoms with Gasteiger partial charge in [0.15, 0.2) is 0 Å². The minimum atomic E-state index is 0. The predicted molar refractivity (Wildman–Crippen MR) is 161 cm³/mol. The van der Waals surface area contributed by atoms with Crippen molar-refractivity contribution in [3.8, 4) is 34.3 Å². The van der Waals surface area contributed by atoms with Crippen molar-refractivity contribution >= 4 is 32.7 Å². The quantitative estimate of drug-likeness (QED) is 0.186. The van der Waals surface area contributed by atoms with Crippen LogP contribution in [0.25, 0.3) is 49.7 Å². The van der Waals surface area contributed by atoms with Gasteiger partial charge in [-0.3, -0.25) is 0 Å². The summed E-state index contributed by atoms with van der Waals surface area (Å²) in [6.07, 6.45) is 1.95. The molecule has 4 aromatic carbocycles. The van der Waals surface area contributed by atoms with Gasteiger partial charge in [-0.05, 0) is 73.2 Å². The maximum absolute atomic E-state index is 10.2. The average Bonchev–Trinajstić information content (AvgIpc) is 3.27. The van der Waals surface area contributed by atoms with Crippen LogP contribution in [0.2, 0.25) is 0 Å². The van der Waals surface area contributed by atoms with Gasteiger partial charge in [-0.25, -0.2) is 9.97 Å². The van der Waals surface area contributed by atoms with Crippen LogP contribution < -0.4 is 4.74 Å². The molecule has 0 aliphatic heterocycles. The van der Waals surface area contributed by atoms with Crippen molar-refractivity contribution in [2.45, 2.75) is 20.8 Å². The molecule has 0 atom stereocenters. The van der Waals surface area contributed by atoms with Gasteiger partial charge in [0, 0.05) is 55.5 Å². The van der Waals surface area contributed by atoms with Crippen LogP contribution in [0.1, 0.15) is 16.7 Å². The molecule has 0 aliphatic carbocycles. The van der Waals surface area contributed by atoms with Crippen molar-refractivity contribution in [1.82, 2.24) is 14.5 Å². The van der Waals surface area contributed by atoms with Crippen molar-refractivity contribution in [2.24, 2.45) is 0 Å². The Morgan fingerprint density at radius 1 is 0.805 bits per heavy atom. The fourth-order valence-electron chi connectivity index (χ4n) is 5.76. The zero-order chi connectivity index (χ0) is 27.4. The minimum absolute atomic E-state index is 0. The van der Waals surface area contributed by atoms with Crippen LogP contribution in [-0.2, 0) is 21.1 Å². The van der Waals surface area contributed by atoms with E-state index in [1.165, 1.54) is 22.3 Å². The van der Waals surface area contributed by atoms with E-state index < -0.39 is 0 Å². The Morgan fingerprint density at radius 2 is 1.61 bits per heavy atom. The molecule has 41 heavy (non-hydrogen) atoms. The van der Waals surface area contributed by atoms with Crippen LogP contribution in [0, 0.1) is 26.8 Å². The van der Waals surface area contributed by atoms with Crippen molar-refractivity contribution in [2.75, 3.05) is 0 Å². The topological polar surface area (TPSA) is 60.2 Å². The van der Waals surface area contributed by atoms with Crippen LogP contribution in [0.3, 0.4) is 0 Å². The molecular weight excluding hydrogens is 689 g/mol. The third kappa shape index (κ3) is 4.66. The van der Waals surface area contributed by atoms with E-state index in [1.54, 1.807) is 18.2 Å². The first kappa shape index (κ1) is 26.7. The smallest absolute Gasteiger partial charge is 0.217 e. The zero-order valence-electron chi connectivity index (χ0n) is 22.8. The van der Waals surface area contributed by atoms with Crippen molar-refractivity contribution in [3.63, 3.8) is 0 Å². The zero-order valence-corrected chi connectivity index (χ0v) is 25.0. The number of nitrogens with zero attached hydrogens (tertiary/aromatic N) is 3. The summed E-state index contributed by atoms with van der Waals surface area (Å²) in [6, 6.07) is 33.3. The van der Waals surface area contributed by atoms with Crippen molar-refractivity contribution < 1.29 is 30.9 Å². The van der Waals surface area contributed by atoms with Gasteiger partial charge in [-0.15, -0.1) is 17.5 Å². The van der Waals surface area contributed by atoms with Crippen LogP contribution in [0.15, 0.2) is 97.2 Å². The van der Waals surface area contributed by atoms with Gasteiger partial charge in [-0.2, -0.15) is 6.07 Å². The van der Waals surface area contributed by atoms with Crippen LogP contribution in [0.5, 0.6) is 17.4 Å². The van der Waals surface area contributed by atoms with E-state index in [4.69, 9.17) is 9.72 Å². The Bertz CT molecular complexity index is 2060. The number of ether oxygens (including phenoxy) is 1. The van der Waals surface area contributed by atoms with Crippen molar-refractivity contribution in [1.29, 1.82) is 0 Å². The van der Waals surface area contributed by atoms with Crippen LogP contribution in [0.4, 0.5) is 0 Å². The number of phenols is 1. The third-order valence-corrected chi connectivity index (χ3v) is 7.39. The van der Waals surface area contributed by atoms with E-state index >= 15 is 0 Å². The molecule has 6 heteroatoms. The molecule has 204 valence electrons. The summed E-state index contributed by atoms with van der Waals surface area (Å²) in [4.78, 5) is 9.44. The largest absolute Gasteiger partial charge is 0.506 e. The molecule has 0 radical (unpaired) electrons. The molecule has 7 aromatic rings. The van der Waals surface area contributed by atoms with E-state index in [-0.39, 0.29) is 26.8 Å². The fourth-order valence-corrected chi connectivity index (χ4v) is 5.76. The Hall–Kier alpha value is -4.47. The first-order chi connectivity index (χ1) is 19.5. The summed E-state index contributed by atoms with van der Waals surface area (Å²) < 4.78 is 8.26. The molecule has 0 spiro atoms. The maximum Gasteiger partial charge on any atom is 0.217 e. The molecular formula is C35H26N3O2Pt-. The Balaban J connectivity index is 0.00000302. The van der Waals surface area contributed by atoms with Gasteiger partial charge in [0.05, 0.1) is 0 Å². The number of pyridine rings is 2. The van der Waals surface area contributed by atoms with E-state index in [9.17, 15) is 5.11 Å². The molecule has 0 saturated carbocycles. The van der Waals surface area contributed by atoms with Crippen LogP contribution in [-0.4, -0.2) is 19.6 Å². The minimum Gasteiger partial charge on any atom is -0.506 e. The summed E-state index contributed by atoms with van der Waals surface area (Å²) in [5, 5.41) is 13.3. The standard InChI is InChI=1S/C35H26N3O2.Pt/c1-21-17-22(2)34(23(3)18-21)25-11-15-32(36-20-25)38-29-9-5-4-8-27(29)28-14-13-26(19-30(28)38)40-33-16-12-24-7-6-10-31(39)35(24)37-33;/h4-18,20,39H,1-3H3;/q-1;. The van der Waals surface area contributed by atoms with Gasteiger partial charge in [0.25, 0.3) is 0 Å². The average molecular weight is 716 g/mol. The molecule has 3 heterocycles. The number of rotatable bonds is 4. The van der Waals surface area contributed by atoms with E-state index in [0.29, 0.717) is 17.1 Å². The summed E-state index contributed by atoms with van der Waals surface area (Å²) in [6.45, 7) is 6.43. The Morgan fingerprint density at radius 3 is 2.39 bits per heavy atom. The number of para-hydroxylation sites is 2. The summed E-state index contributed by atoms with van der Waals surface area (Å²) in [5.74, 6) is 1.84. The molecule has 0 amide bonds. The number of hydrogen-bond acceptors (Lipinski definition) is 4. The predicted octanol–water partition coefficient (Wildman–Crippen LogP) is 8.61. The van der Waals surface area contributed by atoms with Crippen molar-refractivity contribution in [3.05, 3.63) is 120 Å². The second kappa shape index (κ2) is 10.5. The summed E-state index contributed by atoms with van der Waals surface area (Å²) in [5.41, 5.74) is 8.48. The normalized spacial score (nSPS) is 11.2. The number of aromatic nitrogens is 3. The van der Waals surface area contributed by atoms with Crippen LogP contribution >= 0.6 is 0 Å². The molecule has 0 aliphatic rings. The number of aryl methyl sites for hydroxylation is 3. The molecule has 3 aromatic heterocycles. The Kier molecular flexibility index (Phi) is 6.84. The maximum atomic E-state index is 10.2. The Labute approximate surface area is 252 Å². The number of benzene rings is 4. The van der Waals surface area contributed by atoms with Gasteiger partial charge >= 0.3 is 0 Å². The third-order valence-electron chi connectivity index (χ3n) is 7.39. The first-order valence-electron chi connectivity index (χ1n) is 13.2. The molecule has 5 nitrogen and oxygen atoms in total. The van der Waals surface area contributed by atoms with E-state index in [0.717, 1.165) is 38.6 Å². The molecule has 0 bridgehead atoms. The number of aromatic hydroxyl groups is 1. The van der Waals surface area contributed by atoms with E-state index in [1.807, 2.05) is 42.6 Å². The van der Waals surface area contributed by atoms with Gasteiger partial charge in [0.2, 0.25) is 5.88 Å². The molecule has 0 unspecified atom stereocenters. The number of fused-ring (bicyclic) bond motifs is 4. The summed E-state index contributed by atoms with van der Waals surface area (Å²) >= 11 is 0. The second-order valence-corrected chi connectivity index (χ2v) is 10.2. The first-order valence-corrected chi connectivity index (χ1v) is 13.2. The number of phenolic OH excluding ortho intramolecular Hbond substituents is 1. The monoisotopic (exact) mass is 715 g/mol. The second-order valence-electron chi connectivity index (χ2n) is 10.2. The van der Waals surface area contributed by atoms with E-state index in [2.05, 4.69) is 72.8 Å². The van der Waals surface area contributed by atoms with Gasteiger partial charge in [0.1, 0.15) is 17.1 Å². The SMILES string of the molecule is Cc1cc(C)c(-c2ccc(-n3c4[c-]c(Oc5ccc6cccc(O)c6n5)ccc4c4ccccc43)nc2)c(C)c1.[Pt]. The van der Waals surface area contributed by atoms with Gasteiger partial charge in [-0.1, -0.05) is 53.5 Å². The molecule has 0 saturated heterocycles. The molecule has 7 rings (SSSR count). The fraction of sp³-hybridized carbons (Fsp3) is 0.0857. The number of hydrogen-bond donors (Lipinski definition) is 1. The molecule has 0 fully saturated rings.